The minimum absolute atomic E-state index is 0.417. The summed E-state index contributed by atoms with van der Waals surface area (Å²) in [4.78, 5) is 5.08. The van der Waals surface area contributed by atoms with Gasteiger partial charge in [0.15, 0.2) is 0 Å². The molecule has 3 aliphatic rings. The summed E-state index contributed by atoms with van der Waals surface area (Å²) in [6, 6.07) is 1.58. The summed E-state index contributed by atoms with van der Waals surface area (Å²) in [5.74, 6) is 0. The van der Waals surface area contributed by atoms with Crippen LogP contribution in [0.1, 0.15) is 32.1 Å². The van der Waals surface area contributed by atoms with E-state index in [2.05, 4.69) is 22.2 Å². The van der Waals surface area contributed by atoms with Crippen molar-refractivity contribution in [2.75, 3.05) is 46.4 Å². The predicted octanol–water partition coefficient (Wildman–Crippen LogP) is 0.924. The summed E-state index contributed by atoms with van der Waals surface area (Å²) in [5.41, 5.74) is 0. The minimum Gasteiger partial charge on any atom is -0.374 e. The van der Waals surface area contributed by atoms with Gasteiger partial charge in [0.05, 0.1) is 12.7 Å². The van der Waals surface area contributed by atoms with Gasteiger partial charge >= 0.3 is 0 Å². The largest absolute Gasteiger partial charge is 0.374 e. The number of nitrogens with zero attached hydrogens (tertiary/aromatic N) is 2. The molecule has 4 heteroatoms. The average molecular weight is 267 g/mol. The normalized spacial score (nSPS) is 34.6. The molecule has 0 amide bonds. The third-order valence-electron chi connectivity index (χ3n) is 4.75. The number of hydrogen-bond acceptors (Lipinski definition) is 4. The Morgan fingerprint density at radius 3 is 2.84 bits per heavy atom. The number of piperidine rings is 1. The fraction of sp³-hybridized carbons (Fsp3) is 1.00. The average Bonchev–Trinajstić information content (AvgIpc) is 3.22. The highest BCUT2D eigenvalue weighted by molar-refractivity contribution is 4.87. The lowest BCUT2D eigenvalue weighted by Crippen LogP contribution is -2.52. The molecule has 0 radical (unpaired) electrons. The van der Waals surface area contributed by atoms with Crippen LogP contribution < -0.4 is 5.32 Å². The van der Waals surface area contributed by atoms with Crippen LogP contribution in [0, 0.1) is 0 Å². The van der Waals surface area contributed by atoms with E-state index in [9.17, 15) is 0 Å². The molecule has 3 rings (SSSR count). The van der Waals surface area contributed by atoms with Crippen LogP contribution in [-0.4, -0.2) is 74.4 Å². The van der Waals surface area contributed by atoms with Crippen molar-refractivity contribution in [1.29, 1.82) is 0 Å². The van der Waals surface area contributed by atoms with Crippen LogP contribution in [0.2, 0.25) is 0 Å². The van der Waals surface area contributed by atoms with Gasteiger partial charge in [0.1, 0.15) is 0 Å². The van der Waals surface area contributed by atoms with Gasteiger partial charge in [-0.2, -0.15) is 0 Å². The number of ether oxygens (including phenoxy) is 1. The minimum atomic E-state index is 0.417. The molecule has 0 aromatic rings. The Kier molecular flexibility index (Phi) is 4.74. The summed E-state index contributed by atoms with van der Waals surface area (Å²) in [6.45, 7) is 6.66. The van der Waals surface area contributed by atoms with Crippen LogP contribution in [0.4, 0.5) is 0 Å². The van der Waals surface area contributed by atoms with E-state index in [4.69, 9.17) is 4.74 Å². The molecule has 4 nitrogen and oxygen atoms in total. The van der Waals surface area contributed by atoms with Crippen LogP contribution in [0.5, 0.6) is 0 Å². The highest BCUT2D eigenvalue weighted by atomic mass is 16.5. The van der Waals surface area contributed by atoms with Crippen molar-refractivity contribution >= 4 is 0 Å². The van der Waals surface area contributed by atoms with E-state index in [1.165, 1.54) is 45.2 Å². The van der Waals surface area contributed by atoms with Crippen LogP contribution >= 0.6 is 0 Å². The van der Waals surface area contributed by atoms with Gasteiger partial charge in [-0.05, 0) is 39.3 Å². The highest BCUT2D eigenvalue weighted by Gasteiger charge is 2.29. The Hall–Kier alpha value is -0.160. The maximum Gasteiger partial charge on any atom is 0.0829 e. The lowest BCUT2D eigenvalue weighted by molar-refractivity contribution is -0.0451. The Morgan fingerprint density at radius 2 is 2.05 bits per heavy atom. The standard InChI is InChI=1S/C15H29N3O/c1-17-8-9-19-15(11-17)12-18-7-3-2-4-14(18)10-16-13-5-6-13/h13-16H,2-12H2,1H3. The summed E-state index contributed by atoms with van der Waals surface area (Å²) >= 11 is 0. The molecular formula is C15H29N3O. The maximum absolute atomic E-state index is 5.93. The Labute approximate surface area is 117 Å². The van der Waals surface area contributed by atoms with Crippen LogP contribution in [-0.2, 0) is 4.74 Å². The van der Waals surface area contributed by atoms with Gasteiger partial charge < -0.3 is 15.0 Å². The first-order chi connectivity index (χ1) is 9.31. The van der Waals surface area contributed by atoms with Gasteiger partial charge in [-0.1, -0.05) is 6.42 Å². The summed E-state index contributed by atoms with van der Waals surface area (Å²) in [7, 11) is 2.21. The van der Waals surface area contributed by atoms with Crippen molar-refractivity contribution in [1.82, 2.24) is 15.1 Å². The molecular weight excluding hydrogens is 238 g/mol. The fourth-order valence-corrected chi connectivity index (χ4v) is 3.36. The number of rotatable bonds is 5. The predicted molar refractivity (Wildman–Crippen MR) is 77.5 cm³/mol. The first-order valence-corrected chi connectivity index (χ1v) is 8.09. The third kappa shape index (κ3) is 4.15. The molecule has 2 heterocycles. The molecule has 1 N–H and O–H groups in total. The zero-order chi connectivity index (χ0) is 13.1. The second kappa shape index (κ2) is 6.53. The molecule has 2 saturated heterocycles. The summed E-state index contributed by atoms with van der Waals surface area (Å²) in [5, 5.41) is 3.71. The number of hydrogen-bond donors (Lipinski definition) is 1. The SMILES string of the molecule is CN1CCOC(CN2CCCCC2CNC2CC2)C1. The third-order valence-corrected chi connectivity index (χ3v) is 4.75. The fourth-order valence-electron chi connectivity index (χ4n) is 3.36. The van der Waals surface area contributed by atoms with Gasteiger partial charge in [-0.3, -0.25) is 4.90 Å². The number of likely N-dealkylation sites (N-methyl/N-ethyl adjacent to an activating group) is 1. The van der Waals surface area contributed by atoms with Crippen LogP contribution in [0.25, 0.3) is 0 Å². The lowest BCUT2D eigenvalue weighted by atomic mass is 10.0. The van der Waals surface area contributed by atoms with E-state index < -0.39 is 0 Å². The second-order valence-corrected chi connectivity index (χ2v) is 6.58. The van der Waals surface area contributed by atoms with Gasteiger partial charge in [0, 0.05) is 38.3 Å². The number of morpholine rings is 1. The molecule has 110 valence electrons. The first-order valence-electron chi connectivity index (χ1n) is 8.09. The van der Waals surface area contributed by atoms with Crippen LogP contribution in [0.15, 0.2) is 0 Å². The van der Waals surface area contributed by atoms with Crippen molar-refractivity contribution in [2.45, 2.75) is 50.3 Å². The van der Waals surface area contributed by atoms with Crippen molar-refractivity contribution in [3.63, 3.8) is 0 Å². The molecule has 1 aliphatic carbocycles. The van der Waals surface area contributed by atoms with Gasteiger partial charge in [0.2, 0.25) is 0 Å². The molecule has 1 saturated carbocycles. The molecule has 0 bridgehead atoms. The Morgan fingerprint density at radius 1 is 1.16 bits per heavy atom. The molecule has 0 spiro atoms. The number of likely N-dealkylation sites (tertiary alicyclic amines) is 1. The Bertz CT molecular complexity index is 283. The van der Waals surface area contributed by atoms with E-state index in [-0.39, 0.29) is 0 Å². The van der Waals surface area contributed by atoms with Crippen molar-refractivity contribution in [3.05, 3.63) is 0 Å². The van der Waals surface area contributed by atoms with Gasteiger partial charge in [-0.25, -0.2) is 0 Å². The quantitative estimate of drug-likeness (QED) is 0.802. The summed E-state index contributed by atoms with van der Waals surface area (Å²) in [6.07, 6.45) is 7.33. The molecule has 2 aliphatic heterocycles. The smallest absolute Gasteiger partial charge is 0.0829 e. The molecule has 2 unspecified atom stereocenters. The molecule has 19 heavy (non-hydrogen) atoms. The van der Waals surface area contributed by atoms with Gasteiger partial charge in [-0.15, -0.1) is 0 Å². The highest BCUT2D eigenvalue weighted by Crippen LogP contribution is 2.22. The molecule has 0 aromatic carbocycles. The monoisotopic (exact) mass is 267 g/mol. The molecule has 2 atom stereocenters. The topological polar surface area (TPSA) is 27.7 Å². The molecule has 3 fully saturated rings. The van der Waals surface area contributed by atoms with Crippen LogP contribution in [0.3, 0.4) is 0 Å². The zero-order valence-electron chi connectivity index (χ0n) is 12.3. The second-order valence-electron chi connectivity index (χ2n) is 6.58. The maximum atomic E-state index is 5.93. The van der Waals surface area contributed by atoms with E-state index in [0.29, 0.717) is 6.10 Å². The molecule has 0 aromatic heterocycles. The summed E-state index contributed by atoms with van der Waals surface area (Å²) < 4.78 is 5.93. The van der Waals surface area contributed by atoms with Gasteiger partial charge in [0.25, 0.3) is 0 Å². The van der Waals surface area contributed by atoms with Crippen molar-refractivity contribution < 1.29 is 4.74 Å². The lowest BCUT2D eigenvalue weighted by Gasteiger charge is -2.40. The first kappa shape index (κ1) is 13.8. The van der Waals surface area contributed by atoms with Crippen molar-refractivity contribution in [2.24, 2.45) is 0 Å². The van der Waals surface area contributed by atoms with E-state index in [0.717, 1.165) is 38.3 Å². The van der Waals surface area contributed by atoms with E-state index in [1.54, 1.807) is 0 Å². The van der Waals surface area contributed by atoms with E-state index >= 15 is 0 Å². The zero-order valence-corrected chi connectivity index (χ0v) is 12.3. The number of nitrogens with one attached hydrogen (secondary N) is 1. The van der Waals surface area contributed by atoms with Crippen molar-refractivity contribution in [3.8, 4) is 0 Å². The van der Waals surface area contributed by atoms with E-state index in [1.807, 2.05) is 0 Å². The Balaban J connectivity index is 1.47.